The van der Waals surface area contributed by atoms with E-state index in [1.165, 1.54) is 17.4 Å². The molecule has 0 aliphatic rings. The van der Waals surface area contributed by atoms with E-state index >= 15 is 0 Å². The maximum atomic E-state index is 13.8. The molecule has 3 nitrogen and oxygen atoms in total. The van der Waals surface area contributed by atoms with Crippen LogP contribution in [0.4, 0.5) is 4.39 Å². The number of halogens is 2. The van der Waals surface area contributed by atoms with Gasteiger partial charge in [-0.3, -0.25) is 11.3 Å². The van der Waals surface area contributed by atoms with Crippen LogP contribution in [0.25, 0.3) is 0 Å². The molecular weight excluding hydrogens is 287 g/mol. The molecule has 0 aliphatic heterocycles. The lowest BCUT2D eigenvalue weighted by Gasteiger charge is -2.16. The summed E-state index contributed by atoms with van der Waals surface area (Å²) in [5.74, 6) is 5.99. The molecule has 1 unspecified atom stereocenters. The van der Waals surface area contributed by atoms with E-state index in [4.69, 9.17) is 22.2 Å². The summed E-state index contributed by atoms with van der Waals surface area (Å²) >= 11 is 7.26. The number of benzene rings is 1. The molecule has 0 aliphatic carbocycles. The first-order chi connectivity index (χ1) is 9.15. The summed E-state index contributed by atoms with van der Waals surface area (Å²) in [7, 11) is 1.60. The summed E-state index contributed by atoms with van der Waals surface area (Å²) in [6.45, 7) is 0. The minimum absolute atomic E-state index is 0.203. The second-order valence-electron chi connectivity index (χ2n) is 4.01. The molecule has 1 atom stereocenters. The molecule has 1 heterocycles. The minimum atomic E-state index is -0.330. The third kappa shape index (κ3) is 3.25. The van der Waals surface area contributed by atoms with Gasteiger partial charge in [0.1, 0.15) is 11.6 Å². The van der Waals surface area contributed by atoms with Crippen LogP contribution in [-0.4, -0.2) is 7.11 Å². The molecule has 0 fully saturated rings. The summed E-state index contributed by atoms with van der Waals surface area (Å²) in [5, 5.41) is 2.30. The van der Waals surface area contributed by atoms with Gasteiger partial charge in [-0.15, -0.1) is 11.3 Å². The van der Waals surface area contributed by atoms with Crippen molar-refractivity contribution in [3.8, 4) is 5.75 Å². The van der Waals surface area contributed by atoms with Gasteiger partial charge in [-0.25, -0.2) is 4.39 Å². The summed E-state index contributed by atoms with van der Waals surface area (Å²) in [5.41, 5.74) is 3.26. The zero-order valence-electron chi connectivity index (χ0n) is 10.3. The van der Waals surface area contributed by atoms with Gasteiger partial charge in [-0.1, -0.05) is 17.7 Å². The summed E-state index contributed by atoms with van der Waals surface area (Å²) in [6, 6.07) is 6.30. The number of hydrogen-bond acceptors (Lipinski definition) is 4. The fourth-order valence-electron chi connectivity index (χ4n) is 1.87. The van der Waals surface area contributed by atoms with Crippen molar-refractivity contribution in [1.29, 1.82) is 0 Å². The second kappa shape index (κ2) is 6.34. The lowest BCUT2D eigenvalue weighted by atomic mass is 10.0. The van der Waals surface area contributed by atoms with Crippen molar-refractivity contribution >= 4 is 22.9 Å². The van der Waals surface area contributed by atoms with Gasteiger partial charge >= 0.3 is 0 Å². The number of rotatable bonds is 5. The Morgan fingerprint density at radius 1 is 1.47 bits per heavy atom. The molecule has 0 spiro atoms. The van der Waals surface area contributed by atoms with Crippen molar-refractivity contribution in [1.82, 2.24) is 5.43 Å². The number of nitrogens with two attached hydrogens (primary N) is 1. The highest BCUT2D eigenvalue weighted by atomic mass is 35.5. The Kier molecular flexibility index (Phi) is 4.76. The molecule has 102 valence electrons. The van der Waals surface area contributed by atoms with Crippen LogP contribution in [-0.2, 0) is 6.42 Å². The van der Waals surface area contributed by atoms with Crippen molar-refractivity contribution in [2.24, 2.45) is 5.84 Å². The highest BCUT2D eigenvalue weighted by Crippen LogP contribution is 2.33. The van der Waals surface area contributed by atoms with Crippen molar-refractivity contribution < 1.29 is 9.13 Å². The quantitative estimate of drug-likeness (QED) is 0.658. The third-order valence-corrected chi connectivity index (χ3v) is 4.08. The van der Waals surface area contributed by atoms with Crippen LogP contribution < -0.4 is 16.0 Å². The zero-order chi connectivity index (χ0) is 13.8. The molecule has 1 aromatic heterocycles. The summed E-state index contributed by atoms with van der Waals surface area (Å²) in [6.07, 6.45) is 0.427. The van der Waals surface area contributed by atoms with Gasteiger partial charge in [-0.2, -0.15) is 0 Å². The largest absolute Gasteiger partial charge is 0.496 e. The molecule has 3 N–H and O–H groups in total. The molecule has 19 heavy (non-hydrogen) atoms. The Hall–Kier alpha value is -1.14. The fraction of sp³-hybridized carbons (Fsp3) is 0.231. The van der Waals surface area contributed by atoms with Gasteiger partial charge in [0.05, 0.1) is 18.0 Å². The smallest absolute Gasteiger partial charge is 0.134 e. The highest BCUT2D eigenvalue weighted by molar-refractivity contribution is 7.10. The molecule has 6 heteroatoms. The topological polar surface area (TPSA) is 47.3 Å². The molecule has 1 aromatic carbocycles. The van der Waals surface area contributed by atoms with Gasteiger partial charge in [0.25, 0.3) is 0 Å². The van der Waals surface area contributed by atoms with Crippen LogP contribution in [0.1, 0.15) is 16.5 Å². The second-order valence-corrected chi connectivity index (χ2v) is 5.40. The van der Waals surface area contributed by atoms with Gasteiger partial charge < -0.3 is 4.74 Å². The first-order valence-electron chi connectivity index (χ1n) is 5.67. The Morgan fingerprint density at radius 2 is 2.26 bits per heavy atom. The zero-order valence-corrected chi connectivity index (χ0v) is 11.9. The first kappa shape index (κ1) is 14.3. The van der Waals surface area contributed by atoms with E-state index in [-0.39, 0.29) is 11.9 Å². The van der Waals surface area contributed by atoms with Crippen LogP contribution >= 0.6 is 22.9 Å². The lowest BCUT2D eigenvalue weighted by Crippen LogP contribution is -2.29. The van der Waals surface area contributed by atoms with Gasteiger partial charge in [0.2, 0.25) is 0 Å². The highest BCUT2D eigenvalue weighted by Gasteiger charge is 2.18. The van der Waals surface area contributed by atoms with E-state index in [9.17, 15) is 4.39 Å². The molecule has 0 bridgehead atoms. The molecule has 0 saturated carbocycles. The van der Waals surface area contributed by atoms with E-state index in [0.717, 1.165) is 10.6 Å². The lowest BCUT2D eigenvalue weighted by molar-refractivity contribution is 0.402. The SMILES string of the molecule is COc1ccsc1C(Cc1ccc(Cl)cc1F)NN. The third-order valence-electron chi connectivity index (χ3n) is 2.83. The molecule has 2 rings (SSSR count). The number of ether oxygens (including phenoxy) is 1. The molecule has 0 radical (unpaired) electrons. The Morgan fingerprint density at radius 3 is 2.89 bits per heavy atom. The van der Waals surface area contributed by atoms with Gasteiger partial charge in [0, 0.05) is 5.02 Å². The first-order valence-corrected chi connectivity index (χ1v) is 6.93. The van der Waals surface area contributed by atoms with Crippen LogP contribution in [0.2, 0.25) is 5.02 Å². The van der Waals surface area contributed by atoms with Crippen LogP contribution in [0, 0.1) is 5.82 Å². The van der Waals surface area contributed by atoms with E-state index in [1.54, 1.807) is 19.2 Å². The Labute approximate surface area is 120 Å². The monoisotopic (exact) mass is 300 g/mol. The average molecular weight is 301 g/mol. The van der Waals surface area contributed by atoms with E-state index < -0.39 is 0 Å². The molecular formula is C13H14ClFN2OS. The number of hydrogen-bond donors (Lipinski definition) is 2. The van der Waals surface area contributed by atoms with Gasteiger partial charge in [0.15, 0.2) is 0 Å². The van der Waals surface area contributed by atoms with E-state index in [1.807, 2.05) is 11.4 Å². The summed E-state index contributed by atoms with van der Waals surface area (Å²) in [4.78, 5) is 0.944. The summed E-state index contributed by atoms with van der Waals surface area (Å²) < 4.78 is 19.0. The van der Waals surface area contributed by atoms with Crippen molar-refractivity contribution in [2.75, 3.05) is 7.11 Å². The normalized spacial score (nSPS) is 12.4. The Bertz CT molecular complexity index is 561. The van der Waals surface area contributed by atoms with Crippen molar-refractivity contribution in [3.05, 3.63) is 50.9 Å². The maximum Gasteiger partial charge on any atom is 0.134 e. The number of nitrogens with one attached hydrogen (secondary N) is 1. The van der Waals surface area contributed by atoms with Crippen LogP contribution in [0.3, 0.4) is 0 Å². The van der Waals surface area contributed by atoms with Crippen LogP contribution in [0.15, 0.2) is 29.6 Å². The van der Waals surface area contributed by atoms with Crippen LogP contribution in [0.5, 0.6) is 5.75 Å². The number of methoxy groups -OCH3 is 1. The Balaban J connectivity index is 2.24. The van der Waals surface area contributed by atoms with Crippen molar-refractivity contribution in [2.45, 2.75) is 12.5 Å². The molecule has 2 aromatic rings. The van der Waals surface area contributed by atoms with E-state index in [0.29, 0.717) is 17.0 Å². The minimum Gasteiger partial charge on any atom is -0.496 e. The maximum absolute atomic E-state index is 13.8. The predicted molar refractivity (Wildman–Crippen MR) is 76.0 cm³/mol. The number of hydrazine groups is 1. The van der Waals surface area contributed by atoms with Gasteiger partial charge in [-0.05, 0) is 35.6 Å². The predicted octanol–water partition coefficient (Wildman–Crippen LogP) is 3.30. The standard InChI is InChI=1S/C13H14ClFN2OS/c1-18-12-4-5-19-13(12)11(17-16)6-8-2-3-9(14)7-10(8)15/h2-5,7,11,17H,6,16H2,1H3. The molecule has 0 saturated heterocycles. The van der Waals surface area contributed by atoms with E-state index in [2.05, 4.69) is 5.43 Å². The number of thiophene rings is 1. The van der Waals surface area contributed by atoms with Crippen molar-refractivity contribution in [3.63, 3.8) is 0 Å². The fourth-order valence-corrected chi connectivity index (χ4v) is 2.95. The average Bonchev–Trinajstić information content (AvgIpc) is 2.86. The molecule has 0 amide bonds.